The van der Waals surface area contributed by atoms with E-state index in [1.54, 1.807) is 31.2 Å². The number of carbonyl (C=O) groups excluding carboxylic acids is 6. The lowest BCUT2D eigenvalue weighted by Crippen LogP contribution is -2.41. The summed E-state index contributed by atoms with van der Waals surface area (Å²) in [5.74, 6) is -0.132. The Labute approximate surface area is 367 Å². The zero-order valence-electron chi connectivity index (χ0n) is 36.2. The van der Waals surface area contributed by atoms with E-state index in [1.807, 2.05) is 48.5 Å². The number of imidazole rings is 1. The molecule has 3 heterocycles. The lowest BCUT2D eigenvalue weighted by molar-refractivity contribution is -0.137. The summed E-state index contributed by atoms with van der Waals surface area (Å²) in [4.78, 5) is 85.3. The van der Waals surface area contributed by atoms with Gasteiger partial charge in [-0.2, -0.15) is 0 Å². The Kier molecular flexibility index (Phi) is 16.1. The number of pyridine rings is 1. The third-order valence-electron chi connectivity index (χ3n) is 10.8. The summed E-state index contributed by atoms with van der Waals surface area (Å²) in [6, 6.07) is 21.7. The molecule has 5 aromatic rings. The van der Waals surface area contributed by atoms with Gasteiger partial charge in [-0.3, -0.25) is 34.2 Å². The van der Waals surface area contributed by atoms with E-state index in [-0.39, 0.29) is 42.5 Å². The molecule has 3 aromatic carbocycles. The predicted molar refractivity (Wildman–Crippen MR) is 243 cm³/mol. The molecule has 1 unspecified atom stereocenters. The van der Waals surface area contributed by atoms with Gasteiger partial charge in [0.1, 0.15) is 24.0 Å². The monoisotopic (exact) mass is 856 g/mol. The molecule has 6 amide bonds. The fourth-order valence-corrected chi connectivity index (χ4v) is 7.28. The van der Waals surface area contributed by atoms with Crippen LogP contribution < -0.4 is 21.3 Å². The van der Waals surface area contributed by atoms with E-state index >= 15 is 0 Å². The Bertz CT molecular complexity index is 2440. The summed E-state index contributed by atoms with van der Waals surface area (Å²) >= 11 is 0. The average molecular weight is 857 g/mol. The summed E-state index contributed by atoms with van der Waals surface area (Å²) in [6.45, 7) is 6.63. The van der Waals surface area contributed by atoms with Crippen molar-refractivity contribution in [2.75, 3.05) is 22.5 Å². The third-order valence-corrected chi connectivity index (χ3v) is 10.8. The van der Waals surface area contributed by atoms with Crippen LogP contribution in [-0.2, 0) is 48.3 Å². The van der Waals surface area contributed by atoms with Crippen molar-refractivity contribution < 1.29 is 33.5 Å². The number of amides is 6. The van der Waals surface area contributed by atoms with E-state index in [0.29, 0.717) is 61.1 Å². The van der Waals surface area contributed by atoms with Crippen molar-refractivity contribution in [3.8, 4) is 0 Å². The van der Waals surface area contributed by atoms with Crippen LogP contribution in [0.25, 0.3) is 21.9 Å². The number of hydrogen-bond donors (Lipinski definition) is 4. The van der Waals surface area contributed by atoms with Gasteiger partial charge in [0, 0.05) is 61.3 Å². The number of aromatic nitrogens is 3. The molecule has 15 nitrogen and oxygen atoms in total. The topological polar surface area (TPSA) is 194 Å². The van der Waals surface area contributed by atoms with Gasteiger partial charge in [-0.1, -0.05) is 82.0 Å². The average Bonchev–Trinajstić information content (AvgIpc) is 3.80. The molecule has 0 bridgehead atoms. The molecule has 15 heteroatoms. The van der Waals surface area contributed by atoms with Crippen LogP contribution in [0.5, 0.6) is 0 Å². The molecule has 0 spiro atoms. The number of imide groups is 1. The minimum atomic E-state index is -0.786. The first-order chi connectivity index (χ1) is 30.5. The standard InChI is InChI=1S/C48H56N8O7/c1-4-6-9-17-41(58)50-35-23-19-33(20-24-35)30-56-39(16-7-5-2)53-44-45(56)37-14-11-12-15-38(37)52-46(44)54-48(62)63-31-34-21-25-36(26-22-34)51-47(61)32(3)49-40(57)18-10-8-13-29-55-42(59)27-28-43(55)60/h11-12,14-15,19-28,32H,4-10,13,16-18,29-31H2,1-3H3,(H,49,57)(H,50,58)(H,51,61)(H,52,54,62). The Morgan fingerprint density at radius 2 is 1.35 bits per heavy atom. The van der Waals surface area contributed by atoms with Crippen molar-refractivity contribution in [2.45, 2.75) is 111 Å². The maximum atomic E-state index is 13.3. The second kappa shape index (κ2) is 22.3. The molecule has 0 saturated heterocycles. The van der Waals surface area contributed by atoms with E-state index in [1.165, 1.54) is 17.1 Å². The molecule has 1 atom stereocenters. The number of ether oxygens (including phenoxy) is 1. The second-order valence-corrected chi connectivity index (χ2v) is 15.7. The highest BCUT2D eigenvalue weighted by molar-refractivity contribution is 6.13. The van der Waals surface area contributed by atoms with Gasteiger partial charge in [0.2, 0.25) is 17.7 Å². The van der Waals surface area contributed by atoms with E-state index in [4.69, 9.17) is 14.7 Å². The first-order valence-electron chi connectivity index (χ1n) is 21.9. The lowest BCUT2D eigenvalue weighted by Gasteiger charge is -2.15. The van der Waals surface area contributed by atoms with Crippen molar-refractivity contribution in [1.82, 2.24) is 24.8 Å². The normalized spacial score (nSPS) is 12.8. The number of para-hydroxylation sites is 1. The fraction of sp³-hybridized carbons (Fsp3) is 0.375. The van der Waals surface area contributed by atoms with Crippen LogP contribution in [0.15, 0.2) is 84.9 Å². The summed E-state index contributed by atoms with van der Waals surface area (Å²) < 4.78 is 7.80. The molecule has 0 fully saturated rings. The predicted octanol–water partition coefficient (Wildman–Crippen LogP) is 8.17. The number of fused-ring (bicyclic) bond motifs is 3. The maximum absolute atomic E-state index is 13.3. The SMILES string of the molecule is CCCCCC(=O)Nc1ccc(Cn2c(CCCC)nc3c(NC(=O)OCc4ccc(NC(=O)C(C)NC(=O)CCCCCN5C(=O)C=CC5=O)cc4)nc4ccccc4c32)cc1. The van der Waals surface area contributed by atoms with Crippen LogP contribution in [0, 0.1) is 0 Å². The molecule has 1 aliphatic heterocycles. The Morgan fingerprint density at radius 3 is 2.06 bits per heavy atom. The quantitative estimate of drug-likeness (QED) is 0.0392. The van der Waals surface area contributed by atoms with E-state index < -0.39 is 18.0 Å². The number of carbonyl (C=O) groups is 6. The van der Waals surface area contributed by atoms with Gasteiger partial charge in [0.05, 0.1) is 11.0 Å². The minimum absolute atomic E-state index is 0.0137. The minimum Gasteiger partial charge on any atom is -0.444 e. The van der Waals surface area contributed by atoms with Crippen LogP contribution in [0.3, 0.4) is 0 Å². The molecule has 63 heavy (non-hydrogen) atoms. The smallest absolute Gasteiger partial charge is 0.413 e. The van der Waals surface area contributed by atoms with E-state index in [0.717, 1.165) is 66.5 Å². The first-order valence-corrected chi connectivity index (χ1v) is 21.9. The molecule has 330 valence electrons. The van der Waals surface area contributed by atoms with Crippen LogP contribution in [0.2, 0.25) is 0 Å². The highest BCUT2D eigenvalue weighted by atomic mass is 16.5. The van der Waals surface area contributed by atoms with Crippen LogP contribution >= 0.6 is 0 Å². The van der Waals surface area contributed by atoms with E-state index in [9.17, 15) is 28.8 Å². The van der Waals surface area contributed by atoms with E-state index in [2.05, 4.69) is 39.7 Å². The zero-order valence-corrected chi connectivity index (χ0v) is 36.2. The molecule has 0 aliphatic carbocycles. The van der Waals surface area contributed by atoms with Gasteiger partial charge in [0.15, 0.2) is 5.82 Å². The Hall–Kier alpha value is -6.90. The van der Waals surface area contributed by atoms with Crippen molar-refractivity contribution in [3.63, 3.8) is 0 Å². The zero-order chi connectivity index (χ0) is 44.7. The molecule has 6 rings (SSSR count). The molecule has 0 saturated carbocycles. The number of unbranched alkanes of at least 4 members (excludes halogenated alkanes) is 5. The number of nitrogens with one attached hydrogen (secondary N) is 4. The molecule has 2 aromatic heterocycles. The van der Waals surface area contributed by atoms with Gasteiger partial charge in [0.25, 0.3) is 11.8 Å². The van der Waals surface area contributed by atoms with Gasteiger partial charge in [-0.05, 0) is 74.1 Å². The Balaban J connectivity index is 1.04. The molecular formula is C48H56N8O7. The molecule has 0 radical (unpaired) electrons. The van der Waals surface area contributed by atoms with Crippen LogP contribution in [0.1, 0.15) is 102 Å². The number of aryl methyl sites for hydroxylation is 1. The first kappa shape index (κ1) is 45.6. The maximum Gasteiger partial charge on any atom is 0.413 e. The summed E-state index contributed by atoms with van der Waals surface area (Å²) in [5, 5.41) is 12.2. The molecule has 1 aliphatic rings. The number of hydrogen-bond acceptors (Lipinski definition) is 9. The third kappa shape index (κ3) is 12.6. The largest absolute Gasteiger partial charge is 0.444 e. The van der Waals surface area contributed by atoms with Gasteiger partial charge >= 0.3 is 6.09 Å². The Morgan fingerprint density at radius 1 is 0.698 bits per heavy atom. The number of benzene rings is 3. The molecule has 4 N–H and O–H groups in total. The van der Waals surface area contributed by atoms with Crippen molar-refractivity contribution >= 4 is 74.8 Å². The molecular weight excluding hydrogens is 801 g/mol. The number of nitrogens with zero attached hydrogens (tertiary/aromatic N) is 4. The summed E-state index contributed by atoms with van der Waals surface area (Å²) in [5.41, 5.74) is 5.08. The second-order valence-electron chi connectivity index (χ2n) is 15.7. The summed E-state index contributed by atoms with van der Waals surface area (Å²) in [7, 11) is 0. The van der Waals surface area contributed by atoms with Crippen molar-refractivity contribution in [3.05, 3.63) is 102 Å². The van der Waals surface area contributed by atoms with Crippen LogP contribution in [0.4, 0.5) is 22.0 Å². The van der Waals surface area contributed by atoms with Gasteiger partial charge in [-0.25, -0.2) is 14.8 Å². The van der Waals surface area contributed by atoms with Crippen LogP contribution in [-0.4, -0.2) is 67.7 Å². The fourth-order valence-electron chi connectivity index (χ4n) is 7.28. The summed E-state index contributed by atoms with van der Waals surface area (Å²) in [6.07, 6.45) is 9.90. The van der Waals surface area contributed by atoms with Gasteiger partial charge < -0.3 is 25.3 Å². The number of rotatable bonds is 22. The van der Waals surface area contributed by atoms with Gasteiger partial charge in [-0.15, -0.1) is 0 Å². The van der Waals surface area contributed by atoms with Crippen molar-refractivity contribution in [1.29, 1.82) is 0 Å². The van der Waals surface area contributed by atoms with Crippen molar-refractivity contribution in [2.24, 2.45) is 0 Å². The highest BCUT2D eigenvalue weighted by Gasteiger charge is 2.23. The lowest BCUT2D eigenvalue weighted by atomic mass is 10.1. The highest BCUT2D eigenvalue weighted by Crippen LogP contribution is 2.32. The number of anilines is 3.